The fourth-order valence-corrected chi connectivity index (χ4v) is 3.49. The lowest BCUT2D eigenvalue weighted by Crippen LogP contribution is -2.42. The van der Waals surface area contributed by atoms with E-state index in [-0.39, 0.29) is 11.8 Å². The van der Waals surface area contributed by atoms with E-state index < -0.39 is 9.84 Å². The predicted octanol–water partition coefficient (Wildman–Crippen LogP) is 3.14. The van der Waals surface area contributed by atoms with Gasteiger partial charge >= 0.3 is 0 Å². The normalized spacial score (nSPS) is 13.0. The second-order valence-electron chi connectivity index (χ2n) is 7.03. The van der Waals surface area contributed by atoms with Crippen LogP contribution in [0.2, 0.25) is 0 Å². The molecule has 0 amide bonds. The number of sulfone groups is 1. The molecule has 6 nitrogen and oxygen atoms in total. The van der Waals surface area contributed by atoms with Gasteiger partial charge in [0.25, 0.3) is 0 Å². The van der Waals surface area contributed by atoms with Crippen molar-refractivity contribution in [3.8, 4) is 5.75 Å². The number of ether oxygens (including phenoxy) is 1. The first-order valence-electron chi connectivity index (χ1n) is 9.84. The molecule has 158 valence electrons. The summed E-state index contributed by atoms with van der Waals surface area (Å²) in [6.07, 6.45) is 1.79. The van der Waals surface area contributed by atoms with Gasteiger partial charge in [0.2, 0.25) is 0 Å². The zero-order valence-corrected chi connectivity index (χ0v) is 18.2. The van der Waals surface area contributed by atoms with Crippen molar-refractivity contribution in [1.29, 1.82) is 0 Å². The Morgan fingerprint density at radius 3 is 2.38 bits per heavy atom. The van der Waals surface area contributed by atoms with Crippen LogP contribution < -0.4 is 15.4 Å². The molecule has 0 radical (unpaired) electrons. The molecule has 0 fully saturated rings. The first-order chi connectivity index (χ1) is 13.9. The number of hydrogen-bond donors (Lipinski definition) is 2. The second kappa shape index (κ2) is 11.5. The van der Waals surface area contributed by atoms with Crippen LogP contribution in [-0.4, -0.2) is 39.0 Å². The summed E-state index contributed by atoms with van der Waals surface area (Å²) in [7, 11) is -2.97. The topological polar surface area (TPSA) is 79.8 Å². The van der Waals surface area contributed by atoms with Gasteiger partial charge in [-0.05, 0) is 43.5 Å². The van der Waals surface area contributed by atoms with Gasteiger partial charge in [-0.2, -0.15) is 0 Å². The largest absolute Gasteiger partial charge is 0.489 e. The summed E-state index contributed by atoms with van der Waals surface area (Å²) in [6.45, 7) is 5.66. The molecule has 1 atom stereocenters. The number of benzene rings is 2. The zero-order chi connectivity index (χ0) is 21.1. The Labute approximate surface area is 174 Å². The Bertz CT molecular complexity index is 883. The van der Waals surface area contributed by atoms with E-state index in [0.717, 1.165) is 23.4 Å². The summed E-state index contributed by atoms with van der Waals surface area (Å²) < 4.78 is 28.6. The molecule has 0 spiro atoms. The van der Waals surface area contributed by atoms with Gasteiger partial charge in [0.05, 0.1) is 12.3 Å². The van der Waals surface area contributed by atoms with Crippen molar-refractivity contribution in [3.63, 3.8) is 0 Å². The second-order valence-corrected chi connectivity index (χ2v) is 9.29. The molecular formula is C22H31N3O3S. The van der Waals surface area contributed by atoms with Crippen LogP contribution in [0.1, 0.15) is 31.4 Å². The number of nitrogens with zero attached hydrogens (tertiary/aromatic N) is 1. The van der Waals surface area contributed by atoms with Gasteiger partial charge in [-0.15, -0.1) is 0 Å². The lowest BCUT2D eigenvalue weighted by atomic mass is 10.1. The van der Waals surface area contributed by atoms with E-state index in [2.05, 4.69) is 15.6 Å². The molecule has 2 rings (SSSR count). The minimum absolute atomic E-state index is 0.000757. The van der Waals surface area contributed by atoms with E-state index in [1.807, 2.05) is 68.4 Å². The van der Waals surface area contributed by atoms with Crippen LogP contribution in [0.4, 0.5) is 0 Å². The molecule has 0 heterocycles. The van der Waals surface area contributed by atoms with Crippen molar-refractivity contribution in [3.05, 3.63) is 65.7 Å². The summed E-state index contributed by atoms with van der Waals surface area (Å²) in [4.78, 5) is 4.67. The highest BCUT2D eigenvalue weighted by atomic mass is 32.2. The first kappa shape index (κ1) is 22.7. The summed E-state index contributed by atoms with van der Waals surface area (Å²) in [5, 5.41) is 6.50. The third kappa shape index (κ3) is 9.00. The number of nitrogens with one attached hydrogen (secondary N) is 2. The molecule has 0 aliphatic carbocycles. The Morgan fingerprint density at radius 1 is 1.07 bits per heavy atom. The maximum atomic E-state index is 11.4. The van der Waals surface area contributed by atoms with Crippen LogP contribution in [0, 0.1) is 0 Å². The van der Waals surface area contributed by atoms with Gasteiger partial charge in [-0.25, -0.2) is 13.4 Å². The molecule has 0 saturated heterocycles. The number of para-hydroxylation sites is 1. The molecule has 1 unspecified atom stereocenters. The highest BCUT2D eigenvalue weighted by Gasteiger charge is 2.10. The van der Waals surface area contributed by atoms with Crippen molar-refractivity contribution >= 4 is 15.8 Å². The zero-order valence-electron chi connectivity index (χ0n) is 17.4. The highest BCUT2D eigenvalue weighted by Crippen LogP contribution is 2.15. The third-order valence-electron chi connectivity index (χ3n) is 4.31. The van der Waals surface area contributed by atoms with Gasteiger partial charge in [0.15, 0.2) is 5.96 Å². The van der Waals surface area contributed by atoms with Crippen LogP contribution in [0.25, 0.3) is 0 Å². The van der Waals surface area contributed by atoms with Gasteiger partial charge in [0.1, 0.15) is 22.2 Å². The molecule has 0 aliphatic rings. The van der Waals surface area contributed by atoms with E-state index in [1.165, 1.54) is 6.26 Å². The first-order valence-corrected chi connectivity index (χ1v) is 11.9. The maximum absolute atomic E-state index is 11.4. The number of aliphatic imine (C=N–C) groups is 1. The summed E-state index contributed by atoms with van der Waals surface area (Å²) >= 11 is 0. The minimum atomic E-state index is -2.97. The van der Waals surface area contributed by atoms with Crippen LogP contribution in [0.15, 0.2) is 59.6 Å². The lowest BCUT2D eigenvalue weighted by molar-refractivity contribution is 0.305. The van der Waals surface area contributed by atoms with Crippen LogP contribution in [0.5, 0.6) is 5.75 Å². The molecule has 7 heteroatoms. The van der Waals surface area contributed by atoms with E-state index in [0.29, 0.717) is 25.5 Å². The van der Waals surface area contributed by atoms with E-state index >= 15 is 0 Å². The molecule has 2 aromatic rings. The van der Waals surface area contributed by atoms with E-state index in [9.17, 15) is 8.42 Å². The number of guanidine groups is 1. The molecule has 0 saturated carbocycles. The lowest BCUT2D eigenvalue weighted by Gasteiger charge is -2.18. The molecule has 0 aromatic heterocycles. The van der Waals surface area contributed by atoms with Crippen LogP contribution >= 0.6 is 0 Å². The summed E-state index contributed by atoms with van der Waals surface area (Å²) in [6, 6.07) is 17.8. The predicted molar refractivity (Wildman–Crippen MR) is 119 cm³/mol. The van der Waals surface area contributed by atoms with Crippen LogP contribution in [-0.2, 0) is 23.0 Å². The van der Waals surface area contributed by atoms with Crippen molar-refractivity contribution in [2.75, 3.05) is 18.6 Å². The fourth-order valence-electron chi connectivity index (χ4n) is 2.71. The quantitative estimate of drug-likeness (QED) is 0.459. The summed E-state index contributed by atoms with van der Waals surface area (Å²) in [5.74, 6) is 1.66. The highest BCUT2D eigenvalue weighted by molar-refractivity contribution is 7.90. The van der Waals surface area contributed by atoms with Crippen molar-refractivity contribution in [2.45, 2.75) is 39.5 Å². The molecular weight excluding hydrogens is 386 g/mol. The van der Waals surface area contributed by atoms with E-state index in [1.54, 1.807) is 0 Å². The van der Waals surface area contributed by atoms with Crippen molar-refractivity contribution in [1.82, 2.24) is 10.6 Å². The minimum Gasteiger partial charge on any atom is -0.489 e. The molecule has 2 N–H and O–H groups in total. The maximum Gasteiger partial charge on any atom is 0.191 e. The average molecular weight is 418 g/mol. The van der Waals surface area contributed by atoms with Gasteiger partial charge in [0, 0.05) is 18.8 Å². The number of hydrogen-bond acceptors (Lipinski definition) is 4. The number of rotatable bonds is 10. The van der Waals surface area contributed by atoms with Crippen molar-refractivity contribution in [2.24, 2.45) is 4.99 Å². The summed E-state index contributed by atoms with van der Waals surface area (Å²) in [5.41, 5.74) is 2.17. The van der Waals surface area contributed by atoms with Crippen LogP contribution in [0.3, 0.4) is 0 Å². The SMILES string of the molecule is CCNC(=NCc1ccccc1COc1ccccc1)NC(C)CCS(C)(=O)=O. The van der Waals surface area contributed by atoms with Gasteiger partial charge < -0.3 is 15.4 Å². The molecule has 2 aromatic carbocycles. The Hall–Kier alpha value is -2.54. The Balaban J connectivity index is 2.00. The molecule has 29 heavy (non-hydrogen) atoms. The molecule has 0 aliphatic heterocycles. The monoisotopic (exact) mass is 417 g/mol. The van der Waals surface area contributed by atoms with Gasteiger partial charge in [-0.3, -0.25) is 0 Å². The Morgan fingerprint density at radius 2 is 1.72 bits per heavy atom. The third-order valence-corrected chi connectivity index (χ3v) is 5.29. The van der Waals surface area contributed by atoms with E-state index in [4.69, 9.17) is 4.74 Å². The average Bonchev–Trinajstić information content (AvgIpc) is 2.70. The Kier molecular flexibility index (Phi) is 8.99. The van der Waals surface area contributed by atoms with Crippen molar-refractivity contribution < 1.29 is 13.2 Å². The molecule has 0 bridgehead atoms. The standard InChI is InChI=1S/C22H31N3O3S/c1-4-23-22(25-18(2)14-15-29(3,26)27)24-16-19-10-8-9-11-20(19)17-28-21-12-6-5-7-13-21/h5-13,18H,4,14-17H2,1-3H3,(H2,23,24,25). The van der Waals surface area contributed by atoms with Gasteiger partial charge in [-0.1, -0.05) is 42.5 Å². The fraction of sp³-hybridized carbons (Fsp3) is 0.409. The smallest absolute Gasteiger partial charge is 0.191 e.